The van der Waals surface area contributed by atoms with E-state index in [1.54, 1.807) is 18.2 Å². The van der Waals surface area contributed by atoms with Gasteiger partial charge in [-0.25, -0.2) is 9.53 Å². The molecule has 4 rings (SSSR count). The average Bonchev–Trinajstić information content (AvgIpc) is 2.79. The molecule has 13 heteroatoms. The van der Waals surface area contributed by atoms with Crippen molar-refractivity contribution in [1.29, 1.82) is 0 Å². The molecule has 0 saturated heterocycles. The summed E-state index contributed by atoms with van der Waals surface area (Å²) in [6, 6.07) is 11.1. The molecule has 0 spiro atoms. The summed E-state index contributed by atoms with van der Waals surface area (Å²) in [5.74, 6) is -0.378. The Hall–Kier alpha value is -4.39. The number of anilines is 2. The van der Waals surface area contributed by atoms with Gasteiger partial charge in [0.25, 0.3) is 5.91 Å². The van der Waals surface area contributed by atoms with Crippen LogP contribution in [0.15, 0.2) is 60.8 Å². The predicted molar refractivity (Wildman–Crippen MR) is 114 cm³/mol. The molecule has 0 bridgehead atoms. The van der Waals surface area contributed by atoms with Gasteiger partial charge in [-0.2, -0.15) is 8.78 Å². The fraction of sp³-hybridized carbons (Fsp3) is 0.136. The van der Waals surface area contributed by atoms with Crippen molar-refractivity contribution in [2.75, 3.05) is 17.7 Å². The number of hydrogen-bond acceptors (Lipinski definition) is 6. The largest absolute Gasteiger partial charge is 0.540 e. The number of carbonyl (C=O) groups excluding carboxylic acids is 2. The number of fused-ring (bicyclic) bond motifs is 1. The van der Waals surface area contributed by atoms with E-state index >= 15 is 0 Å². The van der Waals surface area contributed by atoms with Gasteiger partial charge in [-0.05, 0) is 48.5 Å². The van der Waals surface area contributed by atoms with E-state index in [1.807, 2.05) is 0 Å². The molecule has 3 N–H and O–H groups in total. The van der Waals surface area contributed by atoms with Gasteiger partial charge < -0.3 is 25.4 Å². The van der Waals surface area contributed by atoms with Crippen LogP contribution in [-0.2, 0) is 10.8 Å². The summed E-state index contributed by atoms with van der Waals surface area (Å²) in [5, 5.41) is 7.26. The molecule has 0 saturated carbocycles. The molecule has 1 aromatic heterocycles. The quantitative estimate of drug-likeness (QED) is 0.438. The van der Waals surface area contributed by atoms with Gasteiger partial charge in [0.2, 0.25) is 0 Å². The summed E-state index contributed by atoms with van der Waals surface area (Å²) >= 11 is 0. The minimum absolute atomic E-state index is 0.108. The number of hydrogen-bond donors (Lipinski definition) is 3. The second kappa shape index (κ2) is 9.10. The Kier molecular flexibility index (Phi) is 6.18. The summed E-state index contributed by atoms with van der Waals surface area (Å²) in [6.45, 7) is 0. The van der Waals surface area contributed by atoms with Crippen LogP contribution in [0.5, 0.6) is 17.2 Å². The molecule has 35 heavy (non-hydrogen) atoms. The molecule has 0 unspecified atom stereocenters. The van der Waals surface area contributed by atoms with Crippen LogP contribution in [0.1, 0.15) is 16.1 Å². The van der Waals surface area contributed by atoms with Crippen molar-refractivity contribution in [3.8, 4) is 17.2 Å². The first-order chi connectivity index (χ1) is 16.5. The predicted octanol–water partition coefficient (Wildman–Crippen LogP) is 4.89. The smallest absolute Gasteiger partial charge is 0.457 e. The third-order valence-electron chi connectivity index (χ3n) is 4.57. The van der Waals surface area contributed by atoms with E-state index < -0.39 is 29.7 Å². The molecular weight excluding hydrogens is 476 g/mol. The van der Waals surface area contributed by atoms with Crippen LogP contribution in [0, 0.1) is 0 Å². The number of nitrogens with zero attached hydrogens (tertiary/aromatic N) is 1. The van der Waals surface area contributed by atoms with Gasteiger partial charge in [0.15, 0.2) is 0 Å². The fourth-order valence-electron chi connectivity index (χ4n) is 3.04. The van der Waals surface area contributed by atoms with E-state index in [2.05, 4.69) is 30.4 Å². The van der Waals surface area contributed by atoms with E-state index in [1.165, 1.54) is 31.4 Å². The van der Waals surface area contributed by atoms with Crippen LogP contribution >= 0.6 is 0 Å². The first-order valence-corrected chi connectivity index (χ1v) is 9.88. The number of alkyl halides is 4. The van der Waals surface area contributed by atoms with Gasteiger partial charge in [-0.3, -0.25) is 9.78 Å². The zero-order valence-corrected chi connectivity index (χ0v) is 17.8. The van der Waals surface area contributed by atoms with Crippen LogP contribution in [0.3, 0.4) is 0 Å². The lowest BCUT2D eigenvalue weighted by atomic mass is 10.1. The van der Waals surface area contributed by atoms with Crippen molar-refractivity contribution in [2.45, 2.75) is 12.4 Å². The summed E-state index contributed by atoms with van der Waals surface area (Å²) in [4.78, 5) is 27.9. The standard InChI is InChI=1S/C22H16F4N4O5/c1-27-19(31)17-11-15(8-9-28-17)33-14-5-2-12(3-6-14)29-20(32)30-13-4-7-18-16(10-13)21(23,24)35-22(25,26)34-18/h2-11H,1H3,(H,27,31)(H2,29,30,32). The van der Waals surface area contributed by atoms with Crippen molar-refractivity contribution in [2.24, 2.45) is 0 Å². The van der Waals surface area contributed by atoms with Gasteiger partial charge in [0, 0.05) is 30.7 Å². The number of amides is 3. The highest BCUT2D eigenvalue weighted by atomic mass is 19.3. The van der Waals surface area contributed by atoms with Crippen molar-refractivity contribution in [3.63, 3.8) is 0 Å². The number of rotatable bonds is 5. The minimum Gasteiger partial charge on any atom is -0.457 e. The van der Waals surface area contributed by atoms with Crippen molar-refractivity contribution >= 4 is 23.3 Å². The first kappa shape index (κ1) is 23.8. The van der Waals surface area contributed by atoms with Crippen molar-refractivity contribution in [1.82, 2.24) is 10.3 Å². The number of halogens is 4. The Morgan fingerprint density at radius 2 is 1.60 bits per heavy atom. The van der Waals surface area contributed by atoms with E-state index in [4.69, 9.17) is 4.74 Å². The van der Waals surface area contributed by atoms with Crippen LogP contribution in [-0.4, -0.2) is 30.3 Å². The highest BCUT2D eigenvalue weighted by Crippen LogP contribution is 2.46. The Morgan fingerprint density at radius 1 is 0.914 bits per heavy atom. The maximum absolute atomic E-state index is 13.9. The molecule has 9 nitrogen and oxygen atoms in total. The number of nitrogens with one attached hydrogen (secondary N) is 3. The van der Waals surface area contributed by atoms with Crippen molar-refractivity contribution in [3.05, 3.63) is 72.1 Å². The van der Waals surface area contributed by atoms with Crippen molar-refractivity contribution < 1.29 is 41.4 Å². The second-order valence-electron chi connectivity index (χ2n) is 7.06. The Bertz CT molecular complexity index is 1270. The fourth-order valence-corrected chi connectivity index (χ4v) is 3.04. The number of aromatic nitrogens is 1. The molecule has 0 fully saturated rings. The lowest BCUT2D eigenvalue weighted by molar-refractivity contribution is -0.461. The lowest BCUT2D eigenvalue weighted by Gasteiger charge is -2.30. The normalized spacial score (nSPS) is 15.2. The summed E-state index contributed by atoms with van der Waals surface area (Å²) < 4.78 is 67.1. The van der Waals surface area contributed by atoms with E-state index in [0.717, 1.165) is 18.2 Å². The number of benzene rings is 2. The van der Waals surface area contributed by atoms with Gasteiger partial charge in [0.05, 0.1) is 5.56 Å². The molecule has 3 amide bonds. The highest BCUT2D eigenvalue weighted by Gasteiger charge is 2.54. The molecule has 0 atom stereocenters. The Balaban J connectivity index is 1.39. The molecule has 3 aromatic rings. The molecule has 1 aliphatic heterocycles. The number of urea groups is 1. The van der Waals surface area contributed by atoms with E-state index in [9.17, 15) is 27.2 Å². The Labute approximate surface area is 195 Å². The van der Waals surface area contributed by atoms with E-state index in [0.29, 0.717) is 17.2 Å². The monoisotopic (exact) mass is 492 g/mol. The summed E-state index contributed by atoms with van der Waals surface area (Å²) in [6.07, 6.45) is -7.39. The molecule has 2 aromatic carbocycles. The molecule has 0 radical (unpaired) electrons. The average molecular weight is 492 g/mol. The molecule has 2 heterocycles. The van der Waals surface area contributed by atoms with Crippen LogP contribution in [0.2, 0.25) is 0 Å². The summed E-state index contributed by atoms with van der Waals surface area (Å²) in [5.41, 5.74) is -0.557. The van der Waals surface area contributed by atoms with Gasteiger partial charge in [-0.1, -0.05) is 0 Å². The third-order valence-corrected chi connectivity index (χ3v) is 4.57. The SMILES string of the molecule is CNC(=O)c1cc(Oc2ccc(NC(=O)Nc3ccc4c(c3)C(F)(F)OC(F)(F)O4)cc2)ccn1. The molecule has 0 aliphatic carbocycles. The maximum atomic E-state index is 13.9. The molecule has 182 valence electrons. The van der Waals surface area contributed by atoms with Crippen LogP contribution in [0.25, 0.3) is 0 Å². The van der Waals surface area contributed by atoms with Crippen LogP contribution < -0.4 is 25.4 Å². The highest BCUT2D eigenvalue weighted by molar-refractivity contribution is 5.99. The zero-order valence-electron chi connectivity index (χ0n) is 17.8. The lowest BCUT2D eigenvalue weighted by Crippen LogP contribution is -2.41. The first-order valence-electron chi connectivity index (χ1n) is 9.88. The van der Waals surface area contributed by atoms with E-state index in [-0.39, 0.29) is 17.3 Å². The second-order valence-corrected chi connectivity index (χ2v) is 7.06. The number of pyridine rings is 1. The third kappa shape index (κ3) is 5.58. The minimum atomic E-state index is -4.48. The van der Waals surface area contributed by atoms with Gasteiger partial charge in [-0.15, -0.1) is 8.78 Å². The maximum Gasteiger partial charge on any atom is 0.540 e. The van der Waals surface area contributed by atoms with Gasteiger partial charge in [0.1, 0.15) is 22.9 Å². The van der Waals surface area contributed by atoms with Gasteiger partial charge >= 0.3 is 18.4 Å². The topological polar surface area (TPSA) is 111 Å². The number of carbonyl (C=O) groups is 2. The molecule has 1 aliphatic rings. The summed E-state index contributed by atoms with van der Waals surface area (Å²) in [7, 11) is 1.48. The molecular formula is C22H16F4N4O5. The van der Waals surface area contributed by atoms with Crippen LogP contribution in [0.4, 0.5) is 33.7 Å². The Morgan fingerprint density at radius 3 is 2.31 bits per heavy atom. The zero-order chi connectivity index (χ0) is 25.2. The number of ether oxygens (including phenoxy) is 3.